The summed E-state index contributed by atoms with van der Waals surface area (Å²) >= 11 is 1.67. The summed E-state index contributed by atoms with van der Waals surface area (Å²) in [6, 6.07) is 36.8. The molecule has 0 spiro atoms. The highest BCUT2D eigenvalue weighted by atomic mass is 32.1. The van der Waals surface area contributed by atoms with Crippen LogP contribution >= 0.6 is 11.3 Å². The van der Waals surface area contributed by atoms with Crippen molar-refractivity contribution in [2.24, 2.45) is 0 Å². The Morgan fingerprint density at radius 1 is 0.370 bits per heavy atom. The maximum Gasteiger partial charge on any atom is 0.143 e. The Balaban J connectivity index is 1.34. The van der Waals surface area contributed by atoms with E-state index in [1.165, 1.54) is 0 Å². The van der Waals surface area contributed by atoms with E-state index in [-0.39, 0.29) is 43.7 Å². The SMILES string of the molecule is [B]c1c([B])c([B])c2c(-c3cccc4c3sc3ccccc34)c3c([B])c([B])c([B])c([B])c3c(-c3ccc(-c4cccc5c4oc4ccccc45)cc3)c2c1[B]. The lowest BCUT2D eigenvalue weighted by molar-refractivity contribution is 0.670. The largest absolute Gasteiger partial charge is 0.455 e. The summed E-state index contributed by atoms with van der Waals surface area (Å²) in [4.78, 5) is 0. The number of fused-ring (bicyclic) bond motifs is 8. The molecule has 2 heterocycles. The van der Waals surface area contributed by atoms with Crippen molar-refractivity contribution >= 4 is 181 Å². The molecule has 10 aromatic rings. The molecule has 0 bridgehead atoms. The third-order valence-electron chi connectivity index (χ3n) is 10.9. The van der Waals surface area contributed by atoms with Crippen LogP contribution in [0.5, 0.6) is 0 Å². The molecule has 0 fully saturated rings. The van der Waals surface area contributed by atoms with Crippen LogP contribution in [0.3, 0.4) is 0 Å². The highest BCUT2D eigenvalue weighted by Crippen LogP contribution is 2.46. The maximum absolute atomic E-state index is 7.03. The molecule has 54 heavy (non-hydrogen) atoms. The Labute approximate surface area is 326 Å². The summed E-state index contributed by atoms with van der Waals surface area (Å²) in [5.74, 6) is 0. The summed E-state index contributed by atoms with van der Waals surface area (Å²) in [5.41, 5.74) is 8.35. The Morgan fingerprint density at radius 3 is 1.48 bits per heavy atom. The zero-order chi connectivity index (χ0) is 37.2. The number of rotatable bonds is 3. The van der Waals surface area contributed by atoms with Crippen molar-refractivity contribution in [3.8, 4) is 33.4 Å². The molecule has 10 rings (SSSR count). The zero-order valence-corrected chi connectivity index (χ0v) is 29.6. The molecule has 0 saturated heterocycles. The van der Waals surface area contributed by atoms with Gasteiger partial charge in [0, 0.05) is 42.1 Å². The average Bonchev–Trinajstić information content (AvgIpc) is 3.78. The molecule has 0 aliphatic carbocycles. The Hall–Kier alpha value is -5.18. The minimum absolute atomic E-state index is 0.176. The first-order chi connectivity index (χ1) is 26.2. The minimum Gasteiger partial charge on any atom is -0.455 e. The lowest BCUT2D eigenvalue weighted by Gasteiger charge is -2.28. The van der Waals surface area contributed by atoms with E-state index in [4.69, 9.17) is 67.2 Å². The maximum atomic E-state index is 7.03. The van der Waals surface area contributed by atoms with E-state index in [1.807, 2.05) is 72.8 Å². The van der Waals surface area contributed by atoms with Gasteiger partial charge in [0.2, 0.25) is 0 Å². The lowest BCUT2D eigenvalue weighted by atomic mass is 9.59. The molecule has 8 aromatic carbocycles. The number of benzene rings is 8. The third kappa shape index (κ3) is 4.56. The van der Waals surface area contributed by atoms with Gasteiger partial charge in [0.25, 0.3) is 0 Å². The molecule has 10 heteroatoms. The smallest absolute Gasteiger partial charge is 0.143 e. The molecule has 230 valence electrons. The first-order valence-electron chi connectivity index (χ1n) is 17.3. The van der Waals surface area contributed by atoms with Crippen molar-refractivity contribution in [3.63, 3.8) is 0 Å². The van der Waals surface area contributed by atoms with E-state index in [9.17, 15) is 0 Å². The molecule has 2 aromatic heterocycles. The third-order valence-corrected chi connectivity index (χ3v) is 12.1. The van der Waals surface area contributed by atoms with Crippen LogP contribution < -0.4 is 43.7 Å². The molecule has 0 aliphatic rings. The second-order valence-corrected chi connectivity index (χ2v) is 14.7. The second kappa shape index (κ2) is 12.2. The molecular formula is C44H18B8OS. The van der Waals surface area contributed by atoms with Crippen LogP contribution in [0.25, 0.3) is 97.0 Å². The van der Waals surface area contributed by atoms with Crippen LogP contribution in [0.1, 0.15) is 0 Å². The highest BCUT2D eigenvalue weighted by Gasteiger charge is 2.26. The number of para-hydroxylation sites is 2. The van der Waals surface area contributed by atoms with Crippen LogP contribution in [0.4, 0.5) is 0 Å². The predicted octanol–water partition coefficient (Wildman–Crippen LogP) is 3.61. The van der Waals surface area contributed by atoms with Crippen molar-refractivity contribution < 1.29 is 4.42 Å². The molecule has 0 aliphatic heterocycles. The van der Waals surface area contributed by atoms with E-state index in [0.29, 0.717) is 32.7 Å². The fraction of sp³-hybridized carbons (Fsp3) is 0. The quantitative estimate of drug-likeness (QED) is 0.206. The molecular weight excluding hydrogens is 663 g/mol. The minimum atomic E-state index is 0.176. The first kappa shape index (κ1) is 33.4. The lowest BCUT2D eigenvalue weighted by Crippen LogP contribution is -2.50. The van der Waals surface area contributed by atoms with Crippen molar-refractivity contribution in [3.05, 3.63) is 109 Å². The van der Waals surface area contributed by atoms with Gasteiger partial charge < -0.3 is 4.42 Å². The number of hydrogen-bond acceptors (Lipinski definition) is 2. The summed E-state index contributed by atoms with van der Waals surface area (Å²) < 4.78 is 8.53. The summed E-state index contributed by atoms with van der Waals surface area (Å²) in [5, 5.41) is 6.68. The van der Waals surface area contributed by atoms with Crippen LogP contribution in [-0.2, 0) is 0 Å². The van der Waals surface area contributed by atoms with E-state index < -0.39 is 0 Å². The number of thiophene rings is 1. The average molecular weight is 681 g/mol. The molecule has 0 saturated carbocycles. The summed E-state index contributed by atoms with van der Waals surface area (Å²) in [7, 11) is 54.7. The van der Waals surface area contributed by atoms with Gasteiger partial charge in [-0.25, -0.2) is 0 Å². The number of hydrogen-bond donors (Lipinski definition) is 0. The Morgan fingerprint density at radius 2 is 0.852 bits per heavy atom. The molecule has 0 atom stereocenters. The first-order valence-corrected chi connectivity index (χ1v) is 18.2. The predicted molar refractivity (Wildman–Crippen MR) is 241 cm³/mol. The highest BCUT2D eigenvalue weighted by molar-refractivity contribution is 7.26. The van der Waals surface area contributed by atoms with Crippen LogP contribution in [-0.4, -0.2) is 62.8 Å². The fourth-order valence-corrected chi connectivity index (χ4v) is 9.46. The van der Waals surface area contributed by atoms with Crippen molar-refractivity contribution in [1.82, 2.24) is 0 Å². The van der Waals surface area contributed by atoms with Gasteiger partial charge in [0.1, 0.15) is 73.9 Å². The second-order valence-electron chi connectivity index (χ2n) is 13.7. The topological polar surface area (TPSA) is 13.1 Å². The van der Waals surface area contributed by atoms with E-state index in [1.54, 1.807) is 11.3 Å². The fourth-order valence-electron chi connectivity index (χ4n) is 8.24. The van der Waals surface area contributed by atoms with Gasteiger partial charge in [0.15, 0.2) is 0 Å². The van der Waals surface area contributed by atoms with Gasteiger partial charge in [-0.1, -0.05) is 119 Å². The zero-order valence-electron chi connectivity index (χ0n) is 28.8. The normalized spacial score (nSPS) is 11.9. The van der Waals surface area contributed by atoms with Gasteiger partial charge in [-0.15, -0.1) is 33.2 Å². The molecule has 16 radical (unpaired) electrons. The van der Waals surface area contributed by atoms with Crippen molar-refractivity contribution in [2.75, 3.05) is 0 Å². The summed E-state index contributed by atoms with van der Waals surface area (Å²) in [6.45, 7) is 0. The number of furan rings is 1. The van der Waals surface area contributed by atoms with E-state index in [2.05, 4.69) is 36.4 Å². The van der Waals surface area contributed by atoms with Gasteiger partial charge in [-0.05, 0) is 55.9 Å². The molecule has 0 amide bonds. The molecule has 1 nitrogen and oxygen atoms in total. The van der Waals surface area contributed by atoms with Gasteiger partial charge in [0.05, 0.1) is 0 Å². The van der Waals surface area contributed by atoms with Gasteiger partial charge in [-0.3, -0.25) is 0 Å². The van der Waals surface area contributed by atoms with Gasteiger partial charge >= 0.3 is 0 Å². The molecule has 0 unspecified atom stereocenters. The van der Waals surface area contributed by atoms with Crippen LogP contribution in [0.15, 0.2) is 114 Å². The van der Waals surface area contributed by atoms with E-state index in [0.717, 1.165) is 64.4 Å². The monoisotopic (exact) mass is 682 g/mol. The summed E-state index contributed by atoms with van der Waals surface area (Å²) in [6.07, 6.45) is 0. The van der Waals surface area contributed by atoms with Crippen molar-refractivity contribution in [2.45, 2.75) is 0 Å². The standard InChI is InChI=1S/C44H18B8OS/c45-35-31-29(20-17-15-19(16-18-20)21-9-5-10-24-22-7-1-3-13-27(22)53-43(21)24)32-34(38(48)42(52)40(50)36(32)46)30(33(31)37(47)41(51)39(35)49)26-12-6-11-25-23-8-2-4-14-28(23)54-44(25)26/h1-18H. The Bertz CT molecular complexity index is 3170. The van der Waals surface area contributed by atoms with Crippen LogP contribution in [0, 0.1) is 0 Å². The van der Waals surface area contributed by atoms with Gasteiger partial charge in [-0.2, -0.15) is 0 Å². The van der Waals surface area contributed by atoms with Crippen molar-refractivity contribution in [1.29, 1.82) is 0 Å². The van der Waals surface area contributed by atoms with Crippen LogP contribution in [0.2, 0.25) is 0 Å². The Kier molecular flexibility index (Phi) is 7.52. The molecule has 0 N–H and O–H groups in total. The van der Waals surface area contributed by atoms with E-state index >= 15 is 0 Å².